The average molecular weight is 457 g/mol. The molecule has 0 saturated carbocycles. The molecule has 0 unspecified atom stereocenters. The molecule has 0 aliphatic rings. The van der Waals surface area contributed by atoms with E-state index in [1.54, 1.807) is 48.8 Å². The lowest BCUT2D eigenvalue weighted by atomic mass is 9.96. The van der Waals surface area contributed by atoms with Gasteiger partial charge in [0, 0.05) is 42.3 Å². The van der Waals surface area contributed by atoms with Crippen molar-refractivity contribution in [2.24, 2.45) is 0 Å². The molecule has 4 rings (SSSR count). The number of amides is 2. The number of halogens is 1. The first kappa shape index (κ1) is 22.8. The van der Waals surface area contributed by atoms with Crippen molar-refractivity contribution in [2.75, 3.05) is 17.7 Å². The van der Waals surface area contributed by atoms with Gasteiger partial charge in [-0.15, -0.1) is 0 Å². The largest absolute Gasteiger partial charge is 0.493 e. The van der Waals surface area contributed by atoms with Gasteiger partial charge in [0.1, 0.15) is 11.6 Å². The summed E-state index contributed by atoms with van der Waals surface area (Å²) in [5.74, 6) is 0.361. The minimum atomic E-state index is -0.310. The normalized spacial score (nSPS) is 10.5. The van der Waals surface area contributed by atoms with E-state index in [2.05, 4.69) is 15.6 Å². The summed E-state index contributed by atoms with van der Waals surface area (Å²) in [6, 6.07) is 22.6. The number of anilines is 2. The molecule has 0 fully saturated rings. The molecule has 0 aliphatic carbocycles. The highest BCUT2D eigenvalue weighted by atomic mass is 19.1. The number of pyridine rings is 1. The number of nitrogen functional groups attached to an aromatic ring is 1. The lowest BCUT2D eigenvalue weighted by Gasteiger charge is -2.13. The van der Waals surface area contributed by atoms with E-state index in [4.69, 9.17) is 10.5 Å². The highest BCUT2D eigenvalue weighted by molar-refractivity contribution is 5.89. The van der Waals surface area contributed by atoms with Gasteiger partial charge in [-0.2, -0.15) is 0 Å². The molecule has 0 spiro atoms. The van der Waals surface area contributed by atoms with Crippen molar-refractivity contribution in [3.63, 3.8) is 0 Å². The third-order valence-electron chi connectivity index (χ3n) is 5.25. The Labute approximate surface area is 197 Å². The maximum atomic E-state index is 13.9. The number of carbonyl (C=O) groups excluding carboxylic acids is 1. The minimum absolute atomic E-state index is 0.304. The minimum Gasteiger partial charge on any atom is -0.493 e. The Morgan fingerprint density at radius 3 is 2.56 bits per heavy atom. The summed E-state index contributed by atoms with van der Waals surface area (Å²) in [4.78, 5) is 16.1. The Balaban J connectivity index is 1.30. The molecule has 7 heteroatoms. The van der Waals surface area contributed by atoms with Gasteiger partial charge in [-0.3, -0.25) is 4.98 Å². The second kappa shape index (κ2) is 11.0. The lowest BCUT2D eigenvalue weighted by molar-refractivity contribution is 0.251. The summed E-state index contributed by atoms with van der Waals surface area (Å²) < 4.78 is 19.8. The van der Waals surface area contributed by atoms with Crippen LogP contribution in [-0.4, -0.2) is 17.6 Å². The van der Waals surface area contributed by atoms with Crippen LogP contribution < -0.4 is 21.1 Å². The molecule has 4 aromatic rings. The van der Waals surface area contributed by atoms with Crippen LogP contribution in [0.1, 0.15) is 11.1 Å². The number of hydrogen-bond donors (Lipinski definition) is 3. The third kappa shape index (κ3) is 6.10. The molecule has 6 nitrogen and oxygen atoms in total. The first-order chi connectivity index (χ1) is 16.6. The lowest BCUT2D eigenvalue weighted by Crippen LogP contribution is -2.28. The summed E-state index contributed by atoms with van der Waals surface area (Å²) in [6.07, 6.45) is 3.97. The smallest absolute Gasteiger partial charge is 0.319 e. The molecule has 0 bridgehead atoms. The number of para-hydroxylation sites is 1. The van der Waals surface area contributed by atoms with Crippen LogP contribution in [0.5, 0.6) is 5.75 Å². The van der Waals surface area contributed by atoms with Crippen LogP contribution in [0.4, 0.5) is 20.6 Å². The zero-order valence-corrected chi connectivity index (χ0v) is 18.5. The Kier molecular flexibility index (Phi) is 7.35. The van der Waals surface area contributed by atoms with E-state index in [1.165, 1.54) is 12.1 Å². The maximum absolute atomic E-state index is 13.9. The van der Waals surface area contributed by atoms with E-state index in [9.17, 15) is 9.18 Å². The second-order valence-corrected chi connectivity index (χ2v) is 7.68. The maximum Gasteiger partial charge on any atom is 0.319 e. The van der Waals surface area contributed by atoms with Gasteiger partial charge in [-0.25, -0.2) is 9.18 Å². The number of nitrogens with one attached hydrogen (secondary N) is 2. The summed E-state index contributed by atoms with van der Waals surface area (Å²) >= 11 is 0. The van der Waals surface area contributed by atoms with Crippen molar-refractivity contribution in [3.8, 4) is 16.9 Å². The van der Waals surface area contributed by atoms with E-state index in [0.29, 0.717) is 36.7 Å². The first-order valence-corrected chi connectivity index (χ1v) is 10.9. The fraction of sp³-hybridized carbons (Fsp3) is 0.111. The Hall–Kier alpha value is -4.39. The number of carbonyl (C=O) groups is 1. The fourth-order valence-corrected chi connectivity index (χ4v) is 3.53. The number of urea groups is 1. The molecule has 172 valence electrons. The number of nitrogens with two attached hydrogens (primary N) is 1. The molecule has 0 aliphatic heterocycles. The van der Waals surface area contributed by atoms with E-state index in [0.717, 1.165) is 22.3 Å². The molecule has 4 N–H and O–H groups in total. The van der Waals surface area contributed by atoms with E-state index >= 15 is 0 Å². The molecule has 1 aromatic heterocycles. The van der Waals surface area contributed by atoms with Crippen LogP contribution in [0.3, 0.4) is 0 Å². The van der Waals surface area contributed by atoms with Crippen LogP contribution in [0.25, 0.3) is 11.1 Å². The van der Waals surface area contributed by atoms with Gasteiger partial charge < -0.3 is 21.1 Å². The number of hydrogen-bond acceptors (Lipinski definition) is 4. The Morgan fingerprint density at radius 2 is 1.79 bits per heavy atom. The van der Waals surface area contributed by atoms with Gasteiger partial charge in [-0.05, 0) is 65.2 Å². The van der Waals surface area contributed by atoms with E-state index in [-0.39, 0.29) is 11.8 Å². The predicted molar refractivity (Wildman–Crippen MR) is 132 cm³/mol. The molecule has 0 radical (unpaired) electrons. The van der Waals surface area contributed by atoms with Crippen LogP contribution in [0.2, 0.25) is 0 Å². The zero-order chi connectivity index (χ0) is 23.8. The summed E-state index contributed by atoms with van der Waals surface area (Å²) in [7, 11) is 0. The summed E-state index contributed by atoms with van der Waals surface area (Å²) in [6.45, 7) is 0.796. The molecular formula is C27H25FN4O2. The highest BCUT2D eigenvalue weighted by Crippen LogP contribution is 2.30. The Morgan fingerprint density at radius 1 is 0.971 bits per heavy atom. The number of rotatable bonds is 8. The standard InChI is InChI=1S/C27H25FN4O2/c28-21-8-7-20(25(16-21)24-5-1-2-6-26(24)29)13-15-34-23-11-9-22(10-12-23)32-27(33)31-18-19-4-3-14-30-17-19/h1-12,14,16-17H,13,15,18,29H2,(H2,31,32,33). The molecule has 0 atom stereocenters. The first-order valence-electron chi connectivity index (χ1n) is 10.9. The van der Waals surface area contributed by atoms with Gasteiger partial charge >= 0.3 is 6.03 Å². The van der Waals surface area contributed by atoms with Gasteiger partial charge in [0.15, 0.2) is 0 Å². The number of aromatic nitrogens is 1. The van der Waals surface area contributed by atoms with Crippen molar-refractivity contribution in [1.82, 2.24) is 10.3 Å². The quantitative estimate of drug-likeness (QED) is 0.309. The molecular weight excluding hydrogens is 431 g/mol. The molecule has 3 aromatic carbocycles. The van der Waals surface area contributed by atoms with E-state index < -0.39 is 0 Å². The average Bonchev–Trinajstić information content (AvgIpc) is 2.86. The van der Waals surface area contributed by atoms with Gasteiger partial charge in [0.25, 0.3) is 0 Å². The summed E-state index contributed by atoms with van der Waals surface area (Å²) in [5, 5.41) is 5.57. The Bertz CT molecular complexity index is 1250. The van der Waals surface area contributed by atoms with Gasteiger partial charge in [0.2, 0.25) is 0 Å². The number of nitrogens with zero attached hydrogens (tertiary/aromatic N) is 1. The van der Waals surface area contributed by atoms with E-state index in [1.807, 2.05) is 30.3 Å². The van der Waals surface area contributed by atoms with Crippen molar-refractivity contribution >= 4 is 17.4 Å². The third-order valence-corrected chi connectivity index (χ3v) is 5.25. The van der Waals surface area contributed by atoms with Crippen molar-refractivity contribution < 1.29 is 13.9 Å². The second-order valence-electron chi connectivity index (χ2n) is 7.68. The van der Waals surface area contributed by atoms with Gasteiger partial charge in [0.05, 0.1) is 6.61 Å². The topological polar surface area (TPSA) is 89.3 Å². The SMILES string of the molecule is Nc1ccccc1-c1cc(F)ccc1CCOc1ccc(NC(=O)NCc2cccnc2)cc1. The van der Waals surface area contributed by atoms with Crippen LogP contribution >= 0.6 is 0 Å². The zero-order valence-electron chi connectivity index (χ0n) is 18.5. The highest BCUT2D eigenvalue weighted by Gasteiger charge is 2.10. The molecule has 0 saturated heterocycles. The van der Waals surface area contributed by atoms with Crippen molar-refractivity contribution in [3.05, 3.63) is 108 Å². The van der Waals surface area contributed by atoms with Crippen molar-refractivity contribution in [1.29, 1.82) is 0 Å². The molecule has 34 heavy (non-hydrogen) atoms. The number of benzene rings is 3. The van der Waals surface area contributed by atoms with Crippen LogP contribution in [0.15, 0.2) is 91.3 Å². The fourth-order valence-electron chi connectivity index (χ4n) is 3.53. The van der Waals surface area contributed by atoms with Crippen molar-refractivity contribution in [2.45, 2.75) is 13.0 Å². The predicted octanol–water partition coefficient (Wildman–Crippen LogP) is 5.41. The van der Waals surface area contributed by atoms with Crippen LogP contribution in [0, 0.1) is 5.82 Å². The van der Waals surface area contributed by atoms with Crippen LogP contribution in [-0.2, 0) is 13.0 Å². The van der Waals surface area contributed by atoms with Gasteiger partial charge in [-0.1, -0.05) is 30.3 Å². The number of ether oxygens (including phenoxy) is 1. The monoisotopic (exact) mass is 456 g/mol. The molecule has 2 amide bonds. The molecule has 1 heterocycles. The summed E-state index contributed by atoms with van der Waals surface area (Å²) in [5.41, 5.74) is 10.8.